The standard InChI is InChI=1S/C13H21NO2S/c1-3-4-9-16-13(15)11-14(2)8-7-12-6-5-10-17-12/h5-6,10H,3-4,7-9,11H2,1-2H3. The van der Waals surface area contributed by atoms with E-state index in [1.807, 2.05) is 11.9 Å². The lowest BCUT2D eigenvalue weighted by Crippen LogP contribution is -2.29. The molecule has 1 heterocycles. The molecular weight excluding hydrogens is 234 g/mol. The molecule has 0 aliphatic rings. The number of hydrogen-bond acceptors (Lipinski definition) is 4. The lowest BCUT2D eigenvalue weighted by molar-refractivity contribution is -0.144. The predicted octanol–water partition coefficient (Wildman–Crippen LogP) is 2.57. The minimum Gasteiger partial charge on any atom is -0.465 e. The summed E-state index contributed by atoms with van der Waals surface area (Å²) in [4.78, 5) is 14.8. The maximum absolute atomic E-state index is 11.4. The van der Waals surface area contributed by atoms with Gasteiger partial charge in [-0.15, -0.1) is 11.3 Å². The quantitative estimate of drug-likeness (QED) is 0.528. The molecule has 0 radical (unpaired) electrons. The maximum atomic E-state index is 11.4. The fourth-order valence-electron chi connectivity index (χ4n) is 1.43. The molecule has 17 heavy (non-hydrogen) atoms. The van der Waals surface area contributed by atoms with Gasteiger partial charge in [0.05, 0.1) is 13.2 Å². The van der Waals surface area contributed by atoms with E-state index >= 15 is 0 Å². The molecule has 0 amide bonds. The van der Waals surface area contributed by atoms with Crippen molar-refractivity contribution >= 4 is 17.3 Å². The van der Waals surface area contributed by atoms with E-state index in [0.717, 1.165) is 25.8 Å². The number of carbonyl (C=O) groups is 1. The van der Waals surface area contributed by atoms with Crippen molar-refractivity contribution in [3.63, 3.8) is 0 Å². The van der Waals surface area contributed by atoms with Gasteiger partial charge in [0.15, 0.2) is 0 Å². The molecule has 1 aromatic rings. The lowest BCUT2D eigenvalue weighted by Gasteiger charge is -2.15. The van der Waals surface area contributed by atoms with Crippen LogP contribution in [0.15, 0.2) is 17.5 Å². The Balaban J connectivity index is 2.11. The van der Waals surface area contributed by atoms with E-state index in [2.05, 4.69) is 24.4 Å². The Morgan fingerprint density at radius 3 is 3.00 bits per heavy atom. The number of nitrogens with zero attached hydrogens (tertiary/aromatic N) is 1. The number of carbonyl (C=O) groups excluding carboxylic acids is 1. The van der Waals surface area contributed by atoms with Crippen molar-refractivity contribution in [2.24, 2.45) is 0 Å². The molecule has 0 bridgehead atoms. The first kappa shape index (κ1) is 14.2. The lowest BCUT2D eigenvalue weighted by atomic mass is 10.3. The van der Waals surface area contributed by atoms with E-state index < -0.39 is 0 Å². The molecule has 3 nitrogen and oxygen atoms in total. The average Bonchev–Trinajstić information content (AvgIpc) is 2.79. The van der Waals surface area contributed by atoms with Crippen LogP contribution in [0.1, 0.15) is 24.6 Å². The Morgan fingerprint density at radius 1 is 1.53 bits per heavy atom. The number of thiophene rings is 1. The van der Waals surface area contributed by atoms with Gasteiger partial charge in [-0.3, -0.25) is 9.69 Å². The highest BCUT2D eigenvalue weighted by molar-refractivity contribution is 7.09. The van der Waals surface area contributed by atoms with Gasteiger partial charge in [-0.2, -0.15) is 0 Å². The summed E-state index contributed by atoms with van der Waals surface area (Å²) < 4.78 is 5.11. The van der Waals surface area contributed by atoms with E-state index in [0.29, 0.717) is 13.2 Å². The molecule has 0 N–H and O–H groups in total. The number of likely N-dealkylation sites (N-methyl/N-ethyl adjacent to an activating group) is 1. The van der Waals surface area contributed by atoms with Gasteiger partial charge in [0.1, 0.15) is 0 Å². The fraction of sp³-hybridized carbons (Fsp3) is 0.615. The molecule has 0 fully saturated rings. The first-order valence-electron chi connectivity index (χ1n) is 6.09. The molecule has 0 aliphatic carbocycles. The van der Waals surface area contributed by atoms with Crippen LogP contribution >= 0.6 is 11.3 Å². The van der Waals surface area contributed by atoms with Crippen molar-refractivity contribution in [3.05, 3.63) is 22.4 Å². The van der Waals surface area contributed by atoms with Gasteiger partial charge in [-0.05, 0) is 31.3 Å². The van der Waals surface area contributed by atoms with Crippen LogP contribution in [0.2, 0.25) is 0 Å². The summed E-state index contributed by atoms with van der Waals surface area (Å²) in [7, 11) is 1.95. The molecule has 1 rings (SSSR count). The Bertz CT molecular complexity index is 311. The summed E-state index contributed by atoms with van der Waals surface area (Å²) in [5, 5.41) is 2.08. The fourth-order valence-corrected chi connectivity index (χ4v) is 2.13. The van der Waals surface area contributed by atoms with Crippen LogP contribution in [0.3, 0.4) is 0 Å². The number of ether oxygens (including phenoxy) is 1. The summed E-state index contributed by atoms with van der Waals surface area (Å²) in [5.74, 6) is -0.118. The third-order valence-corrected chi connectivity index (χ3v) is 3.42. The van der Waals surface area contributed by atoms with Gasteiger partial charge in [0.2, 0.25) is 0 Å². The molecule has 1 aromatic heterocycles. The Morgan fingerprint density at radius 2 is 2.35 bits per heavy atom. The number of rotatable bonds is 8. The monoisotopic (exact) mass is 255 g/mol. The van der Waals surface area contributed by atoms with Crippen molar-refractivity contribution in [1.82, 2.24) is 4.90 Å². The molecule has 0 unspecified atom stereocenters. The largest absolute Gasteiger partial charge is 0.465 e. The SMILES string of the molecule is CCCCOC(=O)CN(C)CCc1cccs1. The van der Waals surface area contributed by atoms with Crippen LogP contribution in [-0.4, -0.2) is 37.6 Å². The summed E-state index contributed by atoms with van der Waals surface area (Å²) in [6, 6.07) is 4.18. The zero-order valence-corrected chi connectivity index (χ0v) is 11.5. The molecule has 96 valence electrons. The van der Waals surface area contributed by atoms with E-state index in [-0.39, 0.29) is 5.97 Å². The molecular formula is C13H21NO2S. The topological polar surface area (TPSA) is 29.5 Å². The van der Waals surface area contributed by atoms with Crippen LogP contribution in [0.4, 0.5) is 0 Å². The predicted molar refractivity (Wildman–Crippen MR) is 71.4 cm³/mol. The van der Waals surface area contributed by atoms with E-state index in [4.69, 9.17) is 4.74 Å². The molecule has 0 atom stereocenters. The third-order valence-electron chi connectivity index (χ3n) is 2.48. The van der Waals surface area contributed by atoms with Crippen molar-refractivity contribution in [2.75, 3.05) is 26.7 Å². The maximum Gasteiger partial charge on any atom is 0.320 e. The first-order valence-corrected chi connectivity index (χ1v) is 6.97. The second-order valence-electron chi connectivity index (χ2n) is 4.14. The smallest absolute Gasteiger partial charge is 0.320 e. The first-order chi connectivity index (χ1) is 8.22. The zero-order valence-electron chi connectivity index (χ0n) is 10.6. The minimum atomic E-state index is -0.118. The van der Waals surface area contributed by atoms with E-state index in [1.54, 1.807) is 11.3 Å². The van der Waals surface area contributed by atoms with Gasteiger partial charge in [-0.1, -0.05) is 19.4 Å². The summed E-state index contributed by atoms with van der Waals surface area (Å²) in [6.45, 7) is 3.91. The van der Waals surface area contributed by atoms with E-state index in [1.165, 1.54) is 4.88 Å². The van der Waals surface area contributed by atoms with Gasteiger partial charge in [-0.25, -0.2) is 0 Å². The van der Waals surface area contributed by atoms with Gasteiger partial charge in [0.25, 0.3) is 0 Å². The van der Waals surface area contributed by atoms with Crippen LogP contribution in [0.5, 0.6) is 0 Å². The van der Waals surface area contributed by atoms with Crippen LogP contribution in [-0.2, 0) is 16.0 Å². The van der Waals surface area contributed by atoms with Gasteiger partial charge in [0, 0.05) is 11.4 Å². The van der Waals surface area contributed by atoms with Crippen molar-refractivity contribution in [1.29, 1.82) is 0 Å². The zero-order chi connectivity index (χ0) is 12.5. The van der Waals surface area contributed by atoms with Gasteiger partial charge < -0.3 is 4.74 Å². The summed E-state index contributed by atoms with van der Waals surface area (Å²) in [5.41, 5.74) is 0. The summed E-state index contributed by atoms with van der Waals surface area (Å²) in [6.07, 6.45) is 3.00. The Labute approximate surface area is 107 Å². The average molecular weight is 255 g/mol. The number of esters is 1. The highest BCUT2D eigenvalue weighted by Gasteiger charge is 2.07. The second-order valence-corrected chi connectivity index (χ2v) is 5.17. The Kier molecular flexibility index (Phi) is 6.89. The number of unbranched alkanes of at least 4 members (excludes halogenated alkanes) is 1. The van der Waals surface area contributed by atoms with Crippen LogP contribution in [0.25, 0.3) is 0 Å². The van der Waals surface area contributed by atoms with Crippen molar-refractivity contribution < 1.29 is 9.53 Å². The number of hydrogen-bond donors (Lipinski definition) is 0. The molecule has 0 aromatic carbocycles. The third kappa shape index (κ3) is 6.44. The van der Waals surface area contributed by atoms with Crippen LogP contribution in [0, 0.1) is 0 Å². The van der Waals surface area contributed by atoms with E-state index in [9.17, 15) is 4.79 Å². The molecule has 0 saturated carbocycles. The highest BCUT2D eigenvalue weighted by Crippen LogP contribution is 2.09. The van der Waals surface area contributed by atoms with Crippen molar-refractivity contribution in [3.8, 4) is 0 Å². The highest BCUT2D eigenvalue weighted by atomic mass is 32.1. The molecule has 4 heteroatoms. The van der Waals surface area contributed by atoms with Crippen molar-refractivity contribution in [2.45, 2.75) is 26.2 Å². The normalized spacial score (nSPS) is 10.8. The second kappa shape index (κ2) is 8.25. The molecule has 0 aliphatic heterocycles. The minimum absolute atomic E-state index is 0.118. The summed E-state index contributed by atoms with van der Waals surface area (Å²) >= 11 is 1.76. The Hall–Kier alpha value is -0.870. The van der Waals surface area contributed by atoms with Crippen LogP contribution < -0.4 is 0 Å². The van der Waals surface area contributed by atoms with Gasteiger partial charge >= 0.3 is 5.97 Å². The molecule has 0 saturated heterocycles. The molecule has 0 spiro atoms.